The maximum Gasteiger partial charge on any atom is 1.00 e. The Labute approximate surface area is 216 Å². The number of carbonyl (C=O) groups is 1. The van der Waals surface area contributed by atoms with Gasteiger partial charge in [0, 0.05) is 24.2 Å². The number of benzene rings is 2. The molecule has 0 N–H and O–H groups in total. The van der Waals surface area contributed by atoms with Gasteiger partial charge < -0.3 is 19.5 Å². The molecule has 0 aliphatic carbocycles. The minimum atomic E-state index is -1.12. The number of aliphatic carboxylic acids is 1. The zero-order valence-electron chi connectivity index (χ0n) is 19.4. The van der Waals surface area contributed by atoms with Crippen LogP contribution >= 0.6 is 0 Å². The molecule has 0 amide bonds. The average Bonchev–Trinajstić information content (AvgIpc) is 2.78. The molecule has 0 saturated heterocycles. The second kappa shape index (κ2) is 13.8. The van der Waals surface area contributed by atoms with E-state index in [9.17, 15) is 9.90 Å². The van der Waals surface area contributed by atoms with Crippen LogP contribution in [0.3, 0.4) is 0 Å². The van der Waals surface area contributed by atoms with Crippen LogP contribution in [0.2, 0.25) is 0 Å². The van der Waals surface area contributed by atoms with Gasteiger partial charge in [-0.15, -0.1) is 0 Å². The van der Waals surface area contributed by atoms with Gasteiger partial charge in [0.05, 0.1) is 11.4 Å². The van der Waals surface area contributed by atoms with E-state index in [1.54, 1.807) is 30.5 Å². The third-order valence-electron chi connectivity index (χ3n) is 4.65. The predicted octanol–water partition coefficient (Wildman–Crippen LogP) is 0.891. The summed E-state index contributed by atoms with van der Waals surface area (Å²) in [6.07, 6.45) is 2.43. The molecule has 0 unspecified atom stereocenters. The molecule has 0 fully saturated rings. The number of pyridine rings is 1. The number of ether oxygens (including phenoxy) is 1. The molecule has 3 rings (SSSR count). The van der Waals surface area contributed by atoms with Crippen LogP contribution < -0.4 is 39.4 Å². The van der Waals surface area contributed by atoms with E-state index >= 15 is 0 Å². The first-order valence-electron chi connectivity index (χ1n) is 10.6. The van der Waals surface area contributed by atoms with Gasteiger partial charge in [0.15, 0.2) is 6.61 Å². The molecule has 3 aromatic rings. The quantitative estimate of drug-likeness (QED) is 0.186. The number of carboxylic acids is 1. The number of aromatic nitrogens is 1. The summed E-state index contributed by atoms with van der Waals surface area (Å²) in [4.78, 5) is 20.7. The molecule has 0 atom stereocenters. The normalized spacial score (nSPS) is 11.1. The van der Waals surface area contributed by atoms with Crippen molar-refractivity contribution in [1.29, 1.82) is 0 Å². The van der Waals surface area contributed by atoms with Crippen LogP contribution in [0.4, 0.5) is 0 Å². The van der Waals surface area contributed by atoms with Crippen molar-refractivity contribution >= 4 is 11.7 Å². The van der Waals surface area contributed by atoms with E-state index in [0.29, 0.717) is 23.8 Å². The van der Waals surface area contributed by atoms with Gasteiger partial charge >= 0.3 is 29.6 Å². The van der Waals surface area contributed by atoms with E-state index in [-0.39, 0.29) is 42.6 Å². The molecule has 166 valence electrons. The molecule has 7 heteroatoms. The third kappa shape index (κ3) is 9.00. The summed E-state index contributed by atoms with van der Waals surface area (Å²) in [5.74, 6) is -0.107. The summed E-state index contributed by atoms with van der Waals surface area (Å²) in [5.41, 5.74) is 4.50. The van der Waals surface area contributed by atoms with Crippen molar-refractivity contribution < 1.29 is 49.0 Å². The average molecular weight is 455 g/mol. The van der Waals surface area contributed by atoms with E-state index in [0.717, 1.165) is 29.0 Å². The largest absolute Gasteiger partial charge is 1.00 e. The molecule has 33 heavy (non-hydrogen) atoms. The zero-order valence-corrected chi connectivity index (χ0v) is 21.4. The van der Waals surface area contributed by atoms with Crippen LogP contribution in [0.25, 0.3) is 11.3 Å². The first kappa shape index (κ1) is 26.6. The summed E-state index contributed by atoms with van der Waals surface area (Å²) in [7, 11) is 0. The second-order valence-electron chi connectivity index (χ2n) is 7.81. The fourth-order valence-electron chi connectivity index (χ4n) is 3.19. The fraction of sp³-hybridized carbons (Fsp3) is 0.269. The zero-order chi connectivity index (χ0) is 22.8. The molecule has 2 aromatic carbocycles. The van der Waals surface area contributed by atoms with E-state index < -0.39 is 5.97 Å². The Hall–Kier alpha value is -2.67. The molecular formula is C26H27N2NaO4. The standard InChI is InChI=1S/C26H28N2O4.Na/c1-19(2)16-25(22-11-9-21(10-12-22)24-8-3-4-13-27-24)28-32-15-14-31-23-7-5-6-20(17-23)18-26(29)30;/h3-13,17,19H,14-16,18H2,1-2H3,(H,29,30);/q;+1/p-1. The van der Waals surface area contributed by atoms with Crippen molar-refractivity contribution in [1.82, 2.24) is 4.98 Å². The minimum absolute atomic E-state index is 0. The van der Waals surface area contributed by atoms with Gasteiger partial charge in [0.2, 0.25) is 0 Å². The molecule has 0 spiro atoms. The molecule has 1 heterocycles. The number of nitrogens with zero attached hydrogens (tertiary/aromatic N) is 2. The van der Waals surface area contributed by atoms with Gasteiger partial charge in [-0.1, -0.05) is 61.5 Å². The number of carboxylic acid groups (broad SMARTS) is 1. The second-order valence-corrected chi connectivity index (χ2v) is 7.81. The maximum atomic E-state index is 10.7. The van der Waals surface area contributed by atoms with Gasteiger partial charge in [0.1, 0.15) is 12.4 Å². The summed E-state index contributed by atoms with van der Waals surface area (Å²) >= 11 is 0. The maximum absolute atomic E-state index is 10.7. The first-order valence-corrected chi connectivity index (χ1v) is 10.6. The predicted molar refractivity (Wildman–Crippen MR) is 122 cm³/mol. The molecule has 0 bridgehead atoms. The van der Waals surface area contributed by atoms with Crippen LogP contribution in [0.1, 0.15) is 31.4 Å². The summed E-state index contributed by atoms with van der Waals surface area (Å²) < 4.78 is 5.65. The number of carbonyl (C=O) groups excluding carboxylic acids is 1. The Kier molecular flexibility index (Phi) is 11.1. The third-order valence-corrected chi connectivity index (χ3v) is 4.65. The molecule has 0 aliphatic rings. The van der Waals surface area contributed by atoms with Crippen molar-refractivity contribution in [2.24, 2.45) is 11.1 Å². The van der Waals surface area contributed by atoms with E-state index in [4.69, 9.17) is 9.57 Å². The van der Waals surface area contributed by atoms with Crippen LogP contribution in [-0.2, 0) is 16.1 Å². The SMILES string of the molecule is CC(C)CC(=NOCCOc1cccc(CC(=O)[O-])c1)c1ccc(-c2ccccn2)cc1.[Na+]. The molecule has 1 aromatic heterocycles. The first-order chi connectivity index (χ1) is 15.5. The number of oxime groups is 1. The van der Waals surface area contributed by atoms with Crippen molar-refractivity contribution in [3.05, 3.63) is 84.1 Å². The Morgan fingerprint density at radius 2 is 1.82 bits per heavy atom. The Balaban J connectivity index is 0.00000385. The van der Waals surface area contributed by atoms with E-state index in [1.807, 2.05) is 42.5 Å². The van der Waals surface area contributed by atoms with Gasteiger partial charge in [-0.2, -0.15) is 0 Å². The number of hydrogen-bond donors (Lipinski definition) is 0. The van der Waals surface area contributed by atoms with Crippen molar-refractivity contribution in [2.75, 3.05) is 13.2 Å². The smallest absolute Gasteiger partial charge is 0.550 e. The van der Waals surface area contributed by atoms with Gasteiger partial charge in [-0.25, -0.2) is 0 Å². The monoisotopic (exact) mass is 454 g/mol. The topological polar surface area (TPSA) is 83.8 Å². The van der Waals surface area contributed by atoms with Crippen molar-refractivity contribution in [3.63, 3.8) is 0 Å². The van der Waals surface area contributed by atoms with Gasteiger partial charge in [0.25, 0.3) is 0 Å². The number of rotatable bonds is 11. The molecular weight excluding hydrogens is 427 g/mol. The van der Waals surface area contributed by atoms with Crippen LogP contribution in [0.15, 0.2) is 78.1 Å². The fourth-order valence-corrected chi connectivity index (χ4v) is 3.19. The van der Waals surface area contributed by atoms with E-state index in [1.165, 1.54) is 0 Å². The van der Waals surface area contributed by atoms with Crippen LogP contribution in [0.5, 0.6) is 5.75 Å². The number of hydrogen-bond acceptors (Lipinski definition) is 6. The Morgan fingerprint density at radius 1 is 1.03 bits per heavy atom. The van der Waals surface area contributed by atoms with Crippen LogP contribution in [0, 0.1) is 5.92 Å². The van der Waals surface area contributed by atoms with Crippen molar-refractivity contribution in [2.45, 2.75) is 26.7 Å². The van der Waals surface area contributed by atoms with Crippen molar-refractivity contribution in [3.8, 4) is 17.0 Å². The van der Waals surface area contributed by atoms with E-state index in [2.05, 4.69) is 24.0 Å². The molecule has 0 radical (unpaired) electrons. The summed E-state index contributed by atoms with van der Waals surface area (Å²) in [6.45, 7) is 4.85. The molecule has 0 aliphatic heterocycles. The summed E-state index contributed by atoms with van der Waals surface area (Å²) in [6, 6.07) is 20.9. The van der Waals surface area contributed by atoms with Crippen LogP contribution in [-0.4, -0.2) is 29.9 Å². The Morgan fingerprint density at radius 3 is 2.48 bits per heavy atom. The molecule has 6 nitrogen and oxygen atoms in total. The van der Waals surface area contributed by atoms with Gasteiger partial charge in [-0.3, -0.25) is 4.98 Å². The molecule has 0 saturated carbocycles. The Bertz CT molecular complexity index is 1040. The van der Waals surface area contributed by atoms with Gasteiger partial charge in [-0.05, 0) is 47.7 Å². The minimum Gasteiger partial charge on any atom is -0.550 e. The summed E-state index contributed by atoms with van der Waals surface area (Å²) in [5, 5.41) is 15.1.